The number of piperazine rings is 1. The van der Waals surface area contributed by atoms with E-state index in [1.54, 1.807) is 0 Å². The van der Waals surface area contributed by atoms with Crippen LogP contribution in [0.1, 0.15) is 11.1 Å². The average Bonchev–Trinajstić information content (AvgIpc) is 2.73. The Morgan fingerprint density at radius 3 is 2.46 bits per heavy atom. The predicted octanol–water partition coefficient (Wildman–Crippen LogP) is 3.58. The number of aromatic nitrogens is 1. The van der Waals surface area contributed by atoms with Crippen LogP contribution in [-0.2, 0) is 4.79 Å². The minimum Gasteiger partial charge on any atom is -0.484 e. The second-order valence-corrected chi connectivity index (χ2v) is 7.24. The van der Waals surface area contributed by atoms with Gasteiger partial charge in [0.1, 0.15) is 11.6 Å². The van der Waals surface area contributed by atoms with Gasteiger partial charge in [0.2, 0.25) is 0 Å². The summed E-state index contributed by atoms with van der Waals surface area (Å²) in [6.07, 6.45) is 0. The van der Waals surface area contributed by atoms with E-state index in [1.807, 2.05) is 48.2 Å². The Bertz CT molecular complexity index is 994. The summed E-state index contributed by atoms with van der Waals surface area (Å²) in [5.74, 6) is 1.79. The summed E-state index contributed by atoms with van der Waals surface area (Å²) in [5.41, 5.74) is 3.28. The zero-order chi connectivity index (χ0) is 19.5. The van der Waals surface area contributed by atoms with Crippen LogP contribution in [0.25, 0.3) is 10.9 Å². The SMILES string of the molecule is Cc1ccccc1OCC(=O)N1CCN(c2cc(C)c3ccccc3n2)CC1. The van der Waals surface area contributed by atoms with Crippen molar-refractivity contribution in [2.75, 3.05) is 37.7 Å². The molecular weight excluding hydrogens is 350 g/mol. The van der Waals surface area contributed by atoms with E-state index < -0.39 is 0 Å². The molecule has 5 heteroatoms. The van der Waals surface area contributed by atoms with Crippen LogP contribution in [0.5, 0.6) is 5.75 Å². The molecular formula is C23H25N3O2. The highest BCUT2D eigenvalue weighted by Gasteiger charge is 2.22. The van der Waals surface area contributed by atoms with Crippen LogP contribution in [-0.4, -0.2) is 48.6 Å². The number of aryl methyl sites for hydroxylation is 2. The first-order chi connectivity index (χ1) is 13.6. The highest BCUT2D eigenvalue weighted by Crippen LogP contribution is 2.23. The van der Waals surface area contributed by atoms with Gasteiger partial charge < -0.3 is 14.5 Å². The molecule has 1 fully saturated rings. The van der Waals surface area contributed by atoms with Crippen molar-refractivity contribution >= 4 is 22.6 Å². The Kier molecular flexibility index (Phi) is 5.15. The molecule has 2 aromatic carbocycles. The molecule has 1 amide bonds. The maximum Gasteiger partial charge on any atom is 0.260 e. The molecule has 0 bridgehead atoms. The summed E-state index contributed by atoms with van der Waals surface area (Å²) in [6, 6.07) is 18.1. The van der Waals surface area contributed by atoms with Crippen molar-refractivity contribution in [2.45, 2.75) is 13.8 Å². The monoisotopic (exact) mass is 375 g/mol. The van der Waals surface area contributed by atoms with Crippen LogP contribution in [0, 0.1) is 13.8 Å². The highest BCUT2D eigenvalue weighted by molar-refractivity contribution is 5.84. The molecule has 4 rings (SSSR count). The number of para-hydroxylation sites is 2. The summed E-state index contributed by atoms with van der Waals surface area (Å²) >= 11 is 0. The van der Waals surface area contributed by atoms with Crippen LogP contribution in [0.3, 0.4) is 0 Å². The molecule has 0 spiro atoms. The van der Waals surface area contributed by atoms with Crippen LogP contribution in [0.2, 0.25) is 0 Å². The Morgan fingerprint density at radius 1 is 0.964 bits per heavy atom. The minimum atomic E-state index is 0.0329. The summed E-state index contributed by atoms with van der Waals surface area (Å²) in [5, 5.41) is 1.19. The molecule has 0 unspecified atom stereocenters. The second kappa shape index (κ2) is 7.89. The molecule has 0 N–H and O–H groups in total. The minimum absolute atomic E-state index is 0.0329. The van der Waals surface area contributed by atoms with Gasteiger partial charge in [0.05, 0.1) is 5.52 Å². The Labute approximate surface area is 165 Å². The fourth-order valence-corrected chi connectivity index (χ4v) is 3.63. The lowest BCUT2D eigenvalue weighted by Crippen LogP contribution is -2.50. The standard InChI is InChI=1S/C23H25N3O2/c1-17-7-3-6-10-21(17)28-16-23(27)26-13-11-25(12-14-26)22-15-18(2)19-8-4-5-9-20(19)24-22/h3-10,15H,11-14,16H2,1-2H3. The smallest absolute Gasteiger partial charge is 0.260 e. The molecule has 1 aliphatic rings. The summed E-state index contributed by atoms with van der Waals surface area (Å²) < 4.78 is 5.71. The number of carbonyl (C=O) groups excluding carboxylic acids is 1. The van der Waals surface area contributed by atoms with Crippen LogP contribution >= 0.6 is 0 Å². The number of fused-ring (bicyclic) bond motifs is 1. The van der Waals surface area contributed by atoms with Crippen molar-refractivity contribution in [3.8, 4) is 5.75 Å². The quantitative estimate of drug-likeness (QED) is 0.699. The molecule has 3 aromatic rings. The number of hydrogen-bond donors (Lipinski definition) is 0. The summed E-state index contributed by atoms with van der Waals surface area (Å²) in [6.45, 7) is 7.11. The van der Waals surface area contributed by atoms with Crippen LogP contribution in [0.15, 0.2) is 54.6 Å². The first kappa shape index (κ1) is 18.3. The van der Waals surface area contributed by atoms with Gasteiger partial charge in [-0.15, -0.1) is 0 Å². The number of ether oxygens (including phenoxy) is 1. The van der Waals surface area contributed by atoms with Gasteiger partial charge in [-0.25, -0.2) is 4.98 Å². The molecule has 0 aliphatic carbocycles. The van der Waals surface area contributed by atoms with Gasteiger partial charge in [0.15, 0.2) is 6.61 Å². The Morgan fingerprint density at radius 2 is 1.68 bits per heavy atom. The predicted molar refractivity (Wildman–Crippen MR) is 112 cm³/mol. The first-order valence-electron chi connectivity index (χ1n) is 9.69. The van der Waals surface area contributed by atoms with E-state index in [9.17, 15) is 4.79 Å². The van der Waals surface area contributed by atoms with E-state index in [1.165, 1.54) is 10.9 Å². The number of hydrogen-bond acceptors (Lipinski definition) is 4. The maximum atomic E-state index is 12.5. The number of pyridine rings is 1. The molecule has 2 heterocycles. The van der Waals surface area contributed by atoms with Gasteiger partial charge in [-0.2, -0.15) is 0 Å². The summed E-state index contributed by atoms with van der Waals surface area (Å²) in [7, 11) is 0. The van der Waals surface area contributed by atoms with Gasteiger partial charge in [-0.05, 0) is 43.2 Å². The highest BCUT2D eigenvalue weighted by atomic mass is 16.5. The van der Waals surface area contributed by atoms with Crippen LogP contribution < -0.4 is 9.64 Å². The third-order valence-corrected chi connectivity index (χ3v) is 5.31. The van der Waals surface area contributed by atoms with Gasteiger partial charge in [-0.1, -0.05) is 36.4 Å². The molecule has 1 saturated heterocycles. The normalized spacial score (nSPS) is 14.4. The zero-order valence-corrected chi connectivity index (χ0v) is 16.4. The number of anilines is 1. The van der Waals surface area contributed by atoms with Gasteiger partial charge in [-0.3, -0.25) is 4.79 Å². The number of nitrogens with zero attached hydrogens (tertiary/aromatic N) is 3. The fourth-order valence-electron chi connectivity index (χ4n) is 3.63. The second-order valence-electron chi connectivity index (χ2n) is 7.24. The van der Waals surface area contributed by atoms with Gasteiger partial charge in [0, 0.05) is 31.6 Å². The van der Waals surface area contributed by atoms with E-state index >= 15 is 0 Å². The van der Waals surface area contributed by atoms with Crippen molar-refractivity contribution in [2.24, 2.45) is 0 Å². The molecule has 28 heavy (non-hydrogen) atoms. The third-order valence-electron chi connectivity index (χ3n) is 5.31. The largest absolute Gasteiger partial charge is 0.484 e. The van der Waals surface area contributed by atoms with Crippen molar-refractivity contribution < 1.29 is 9.53 Å². The van der Waals surface area contributed by atoms with Crippen molar-refractivity contribution in [3.63, 3.8) is 0 Å². The van der Waals surface area contributed by atoms with Gasteiger partial charge >= 0.3 is 0 Å². The lowest BCUT2D eigenvalue weighted by molar-refractivity contribution is -0.133. The van der Waals surface area contributed by atoms with Gasteiger partial charge in [0.25, 0.3) is 5.91 Å². The van der Waals surface area contributed by atoms with E-state index in [-0.39, 0.29) is 12.5 Å². The molecule has 0 saturated carbocycles. The molecule has 144 valence electrons. The lowest BCUT2D eigenvalue weighted by Gasteiger charge is -2.35. The number of carbonyl (C=O) groups is 1. The van der Waals surface area contributed by atoms with Crippen molar-refractivity contribution in [1.29, 1.82) is 0 Å². The zero-order valence-electron chi connectivity index (χ0n) is 16.4. The third kappa shape index (κ3) is 3.79. The topological polar surface area (TPSA) is 45.7 Å². The maximum absolute atomic E-state index is 12.5. The summed E-state index contributed by atoms with van der Waals surface area (Å²) in [4.78, 5) is 21.5. The van der Waals surface area contributed by atoms with E-state index in [4.69, 9.17) is 9.72 Å². The lowest BCUT2D eigenvalue weighted by atomic mass is 10.1. The van der Waals surface area contributed by atoms with Crippen molar-refractivity contribution in [1.82, 2.24) is 9.88 Å². The molecule has 0 atom stereocenters. The first-order valence-corrected chi connectivity index (χ1v) is 9.69. The molecule has 1 aliphatic heterocycles. The van der Waals surface area contributed by atoms with Crippen LogP contribution in [0.4, 0.5) is 5.82 Å². The van der Waals surface area contributed by atoms with Crippen molar-refractivity contribution in [3.05, 3.63) is 65.7 Å². The van der Waals surface area contributed by atoms with E-state index in [0.29, 0.717) is 13.1 Å². The fraction of sp³-hybridized carbons (Fsp3) is 0.304. The average molecular weight is 375 g/mol. The molecule has 0 radical (unpaired) electrons. The molecule has 1 aromatic heterocycles. The van der Waals surface area contributed by atoms with E-state index in [2.05, 4.69) is 30.0 Å². The van der Waals surface area contributed by atoms with E-state index in [0.717, 1.165) is 35.7 Å². The number of amides is 1. The number of benzene rings is 2. The molecule has 5 nitrogen and oxygen atoms in total. The Balaban J connectivity index is 1.37. The Hall–Kier alpha value is -3.08. The number of rotatable bonds is 4.